The smallest absolute Gasteiger partial charge is 0.422 e. The van der Waals surface area contributed by atoms with E-state index < -0.39 is 12.8 Å². The minimum atomic E-state index is -4.37. The maximum absolute atomic E-state index is 12.3. The number of ether oxygens (including phenoxy) is 1. The minimum Gasteiger partial charge on any atom is -0.484 e. The van der Waals surface area contributed by atoms with Crippen LogP contribution in [0.4, 0.5) is 18.9 Å². The van der Waals surface area contributed by atoms with Crippen LogP contribution in [0.1, 0.15) is 5.69 Å². The number of allylic oxidation sites excluding steroid dienone is 2. The summed E-state index contributed by atoms with van der Waals surface area (Å²) in [5.41, 5.74) is 6.41. The number of alkyl halides is 3. The van der Waals surface area contributed by atoms with E-state index in [0.29, 0.717) is 5.02 Å². The summed E-state index contributed by atoms with van der Waals surface area (Å²) >= 11 is 6.10. The van der Waals surface area contributed by atoms with E-state index >= 15 is 0 Å². The van der Waals surface area contributed by atoms with E-state index in [-0.39, 0.29) is 5.75 Å². The SMILES string of the molecule is FC(F)(F)COc1ccc(N2C=CC=C(c3ccnn3-c3cccc(Cl)c3)N2)cc1. The molecule has 0 atom stereocenters. The van der Waals surface area contributed by atoms with E-state index in [1.54, 1.807) is 40.3 Å². The van der Waals surface area contributed by atoms with Crippen molar-refractivity contribution < 1.29 is 17.9 Å². The van der Waals surface area contributed by atoms with Crippen LogP contribution < -0.4 is 15.2 Å². The maximum atomic E-state index is 12.3. The highest BCUT2D eigenvalue weighted by atomic mass is 35.5. The molecule has 5 nitrogen and oxygen atoms in total. The lowest BCUT2D eigenvalue weighted by Crippen LogP contribution is -2.34. The Morgan fingerprint density at radius 2 is 1.83 bits per heavy atom. The number of rotatable bonds is 5. The molecule has 2 aromatic carbocycles. The molecule has 0 spiro atoms. The number of benzene rings is 2. The average molecular weight is 433 g/mol. The first-order valence-electron chi connectivity index (χ1n) is 8.93. The molecule has 30 heavy (non-hydrogen) atoms. The van der Waals surface area contributed by atoms with Gasteiger partial charge in [-0.1, -0.05) is 17.7 Å². The monoisotopic (exact) mass is 432 g/mol. The molecule has 0 radical (unpaired) electrons. The molecule has 2 heterocycles. The lowest BCUT2D eigenvalue weighted by molar-refractivity contribution is -0.153. The van der Waals surface area contributed by atoms with Crippen LogP contribution in [0, 0.1) is 0 Å². The van der Waals surface area contributed by atoms with Gasteiger partial charge in [0.1, 0.15) is 5.75 Å². The van der Waals surface area contributed by atoms with Crippen LogP contribution in [-0.4, -0.2) is 22.6 Å². The molecule has 1 aromatic heterocycles. The van der Waals surface area contributed by atoms with E-state index in [9.17, 15) is 13.2 Å². The lowest BCUT2D eigenvalue weighted by atomic mass is 10.2. The molecule has 4 rings (SSSR count). The van der Waals surface area contributed by atoms with Crippen LogP contribution in [0.3, 0.4) is 0 Å². The van der Waals surface area contributed by atoms with E-state index in [0.717, 1.165) is 22.8 Å². The van der Waals surface area contributed by atoms with Gasteiger partial charge in [0.2, 0.25) is 0 Å². The van der Waals surface area contributed by atoms with Crippen LogP contribution in [-0.2, 0) is 0 Å². The highest BCUT2D eigenvalue weighted by Gasteiger charge is 2.28. The zero-order valence-corrected chi connectivity index (χ0v) is 16.2. The summed E-state index contributed by atoms with van der Waals surface area (Å²) in [4.78, 5) is 0. The van der Waals surface area contributed by atoms with Crippen molar-refractivity contribution >= 4 is 23.0 Å². The predicted molar refractivity (Wildman–Crippen MR) is 109 cm³/mol. The van der Waals surface area contributed by atoms with E-state index in [1.807, 2.05) is 36.4 Å². The summed E-state index contributed by atoms with van der Waals surface area (Å²) in [5, 5.41) is 6.73. The Balaban J connectivity index is 1.51. The van der Waals surface area contributed by atoms with Crippen LogP contribution in [0.5, 0.6) is 5.75 Å². The van der Waals surface area contributed by atoms with Gasteiger partial charge in [-0.2, -0.15) is 18.3 Å². The summed E-state index contributed by atoms with van der Waals surface area (Å²) in [5.74, 6) is 0.145. The molecule has 0 bridgehead atoms. The Kier molecular flexibility index (Phi) is 5.41. The highest BCUT2D eigenvalue weighted by Crippen LogP contribution is 2.25. The van der Waals surface area contributed by atoms with Crippen LogP contribution in [0.15, 0.2) is 79.1 Å². The van der Waals surface area contributed by atoms with E-state index in [2.05, 4.69) is 10.5 Å². The number of nitrogens with zero attached hydrogens (tertiary/aromatic N) is 3. The molecule has 1 aliphatic rings. The fraction of sp³-hybridized carbons (Fsp3) is 0.0952. The topological polar surface area (TPSA) is 42.3 Å². The quantitative estimate of drug-likeness (QED) is 0.590. The number of hydrogen-bond acceptors (Lipinski definition) is 4. The largest absolute Gasteiger partial charge is 0.484 e. The number of halogens is 4. The van der Waals surface area contributed by atoms with Crippen molar-refractivity contribution in [3.63, 3.8) is 0 Å². The molecule has 154 valence electrons. The number of anilines is 1. The van der Waals surface area contributed by atoms with E-state index in [1.165, 1.54) is 12.1 Å². The first kappa shape index (κ1) is 19.9. The van der Waals surface area contributed by atoms with Crippen molar-refractivity contribution in [3.8, 4) is 11.4 Å². The lowest BCUT2D eigenvalue weighted by Gasteiger charge is -2.27. The van der Waals surface area contributed by atoms with Gasteiger partial charge in [0.25, 0.3) is 0 Å². The van der Waals surface area contributed by atoms with Crippen molar-refractivity contribution in [2.75, 3.05) is 11.6 Å². The van der Waals surface area contributed by atoms with Crippen LogP contribution in [0.2, 0.25) is 5.02 Å². The number of hydrogen-bond donors (Lipinski definition) is 1. The third-order valence-corrected chi connectivity index (χ3v) is 4.46. The second-order valence-corrected chi connectivity index (χ2v) is 6.85. The average Bonchev–Trinajstić information content (AvgIpc) is 3.22. The van der Waals surface area contributed by atoms with Gasteiger partial charge in [-0.05, 0) is 60.7 Å². The third-order valence-electron chi connectivity index (χ3n) is 4.23. The fourth-order valence-corrected chi connectivity index (χ4v) is 3.10. The second kappa shape index (κ2) is 8.16. The van der Waals surface area contributed by atoms with Gasteiger partial charge in [0.15, 0.2) is 6.61 Å². The number of aromatic nitrogens is 2. The first-order valence-corrected chi connectivity index (χ1v) is 9.31. The Labute approximate surface area is 175 Å². The van der Waals surface area contributed by atoms with Gasteiger partial charge in [-0.25, -0.2) is 4.68 Å². The summed E-state index contributed by atoms with van der Waals surface area (Å²) in [6.07, 6.45) is 2.87. The molecule has 0 amide bonds. The Morgan fingerprint density at radius 1 is 1.03 bits per heavy atom. The summed E-state index contributed by atoms with van der Waals surface area (Å²) < 4.78 is 43.4. The van der Waals surface area contributed by atoms with E-state index in [4.69, 9.17) is 16.3 Å². The molecule has 0 saturated carbocycles. The summed E-state index contributed by atoms with van der Waals surface area (Å²) in [6.45, 7) is -1.32. The van der Waals surface area contributed by atoms with Crippen molar-refractivity contribution in [2.24, 2.45) is 0 Å². The van der Waals surface area contributed by atoms with Crippen molar-refractivity contribution in [1.82, 2.24) is 15.2 Å². The summed E-state index contributed by atoms with van der Waals surface area (Å²) in [6, 6.07) is 15.5. The van der Waals surface area contributed by atoms with Crippen LogP contribution in [0.25, 0.3) is 11.4 Å². The Morgan fingerprint density at radius 3 is 2.57 bits per heavy atom. The zero-order valence-electron chi connectivity index (χ0n) is 15.5. The predicted octanol–water partition coefficient (Wildman–Crippen LogP) is 5.35. The second-order valence-electron chi connectivity index (χ2n) is 6.41. The third kappa shape index (κ3) is 4.60. The minimum absolute atomic E-state index is 0.145. The number of nitrogens with one attached hydrogen (secondary N) is 1. The molecule has 3 aromatic rings. The molecule has 0 fully saturated rings. The standard InChI is InChI=1S/C21H16ClF3N4O/c22-15-3-1-4-17(13-15)29-20(10-11-26-29)19-5-2-12-28(27-19)16-6-8-18(9-7-16)30-14-21(23,24)25/h1-13,27H,14H2. The Hall–Kier alpha value is -3.39. The molecular weight excluding hydrogens is 417 g/mol. The maximum Gasteiger partial charge on any atom is 0.422 e. The molecule has 0 saturated heterocycles. The van der Waals surface area contributed by atoms with Gasteiger partial charge in [-0.3, -0.25) is 10.4 Å². The fourth-order valence-electron chi connectivity index (χ4n) is 2.91. The highest BCUT2D eigenvalue weighted by molar-refractivity contribution is 6.30. The van der Waals surface area contributed by atoms with Gasteiger partial charge < -0.3 is 4.74 Å². The molecule has 1 N–H and O–H groups in total. The zero-order chi connectivity index (χ0) is 21.1. The molecule has 0 unspecified atom stereocenters. The first-order chi connectivity index (χ1) is 14.4. The number of hydrazine groups is 1. The molecule has 1 aliphatic heterocycles. The molecular formula is C21H16ClF3N4O. The van der Waals surface area contributed by atoms with Crippen molar-refractivity contribution in [3.05, 3.63) is 89.9 Å². The van der Waals surface area contributed by atoms with Gasteiger partial charge in [0, 0.05) is 11.2 Å². The normalized spacial score (nSPS) is 13.7. The molecule has 9 heteroatoms. The van der Waals surface area contributed by atoms with Gasteiger partial charge in [-0.15, -0.1) is 0 Å². The summed E-state index contributed by atoms with van der Waals surface area (Å²) in [7, 11) is 0. The van der Waals surface area contributed by atoms with Crippen molar-refractivity contribution in [1.29, 1.82) is 0 Å². The van der Waals surface area contributed by atoms with Crippen LogP contribution >= 0.6 is 11.6 Å². The molecule has 0 aliphatic carbocycles. The Bertz CT molecular complexity index is 1090. The van der Waals surface area contributed by atoms with Gasteiger partial charge in [0.05, 0.1) is 29.0 Å². The van der Waals surface area contributed by atoms with Crippen molar-refractivity contribution in [2.45, 2.75) is 6.18 Å². The van der Waals surface area contributed by atoms with Gasteiger partial charge >= 0.3 is 6.18 Å².